The predicted octanol–water partition coefficient (Wildman–Crippen LogP) is 4.14. The Bertz CT molecular complexity index is 1210. The largest absolute Gasteiger partial charge is 0.416 e. The van der Waals surface area contributed by atoms with Crippen molar-refractivity contribution in [3.63, 3.8) is 0 Å². The fraction of sp³-hybridized carbons (Fsp3) is 0.593. The van der Waals surface area contributed by atoms with Crippen LogP contribution in [0.15, 0.2) is 24.5 Å². The van der Waals surface area contributed by atoms with Crippen LogP contribution in [0, 0.1) is 5.82 Å². The second-order valence-corrected chi connectivity index (χ2v) is 11.3. The van der Waals surface area contributed by atoms with Crippen LogP contribution < -0.4 is 10.2 Å². The number of hydrogen-bond acceptors (Lipinski definition) is 6. The van der Waals surface area contributed by atoms with Gasteiger partial charge in [0.15, 0.2) is 0 Å². The third-order valence-corrected chi connectivity index (χ3v) is 8.16. The molecule has 3 heterocycles. The van der Waals surface area contributed by atoms with Crippen molar-refractivity contribution in [2.45, 2.75) is 75.7 Å². The topological polar surface area (TPSA) is 81.6 Å². The van der Waals surface area contributed by atoms with Gasteiger partial charge in [0.1, 0.15) is 18.0 Å². The number of hydrogen-bond donors (Lipinski definition) is 2. The minimum Gasteiger partial charge on any atom is -0.387 e. The van der Waals surface area contributed by atoms with Gasteiger partial charge in [0, 0.05) is 48.9 Å². The number of rotatable bonds is 4. The van der Waals surface area contributed by atoms with Crippen LogP contribution in [-0.4, -0.2) is 63.6 Å². The number of fused-ring (bicyclic) bond motifs is 1. The number of amides is 1. The fourth-order valence-corrected chi connectivity index (χ4v) is 6.18. The van der Waals surface area contributed by atoms with Crippen molar-refractivity contribution in [1.29, 1.82) is 0 Å². The van der Waals surface area contributed by atoms with Crippen LogP contribution in [0.25, 0.3) is 0 Å². The molecule has 2 aromatic rings. The molecule has 2 fully saturated rings. The summed E-state index contributed by atoms with van der Waals surface area (Å²) < 4.78 is 54.7. The van der Waals surface area contributed by atoms with Crippen LogP contribution >= 0.6 is 0 Å². The summed E-state index contributed by atoms with van der Waals surface area (Å²) >= 11 is 0. The van der Waals surface area contributed by atoms with E-state index in [0.29, 0.717) is 50.8 Å². The average Bonchev–Trinajstić information content (AvgIpc) is 3.37. The van der Waals surface area contributed by atoms with E-state index in [-0.39, 0.29) is 22.9 Å². The Balaban J connectivity index is 1.38. The molecule has 0 saturated carbocycles. The standard InChI is InChI=1S/C27H33F4N5O2/c1-15-12-20(37)23-21(15)24(33-14-32-23)35-8-10-36(11-9-35)25(38)22(19-6-7-26(2,3)34-19)17-5-4-16(13-18(17)28)27(29,30)31/h4-5,13-15,19-20,22,34,37H,6-12H2,1-3H3/t15-,19+,20-,22+/m1/s1. The maximum atomic E-state index is 15.1. The number of alkyl halides is 3. The van der Waals surface area contributed by atoms with Gasteiger partial charge in [-0.25, -0.2) is 14.4 Å². The van der Waals surface area contributed by atoms with Gasteiger partial charge in [-0.1, -0.05) is 13.0 Å². The second kappa shape index (κ2) is 9.75. The number of nitrogens with one attached hydrogen (secondary N) is 1. The second-order valence-electron chi connectivity index (χ2n) is 11.3. The van der Waals surface area contributed by atoms with Crippen LogP contribution in [-0.2, 0) is 11.0 Å². The molecule has 1 amide bonds. The summed E-state index contributed by atoms with van der Waals surface area (Å²) in [6.07, 6.45) is -1.88. The summed E-state index contributed by atoms with van der Waals surface area (Å²) in [5, 5.41) is 13.7. The molecule has 2 aliphatic heterocycles. The van der Waals surface area contributed by atoms with E-state index in [1.54, 1.807) is 4.90 Å². The van der Waals surface area contributed by atoms with E-state index in [0.717, 1.165) is 29.9 Å². The molecule has 1 aliphatic carbocycles. The molecule has 0 radical (unpaired) electrons. The third kappa shape index (κ3) is 4.98. The Labute approximate surface area is 219 Å². The van der Waals surface area contributed by atoms with Crippen LogP contribution in [0.5, 0.6) is 0 Å². The highest BCUT2D eigenvalue weighted by atomic mass is 19.4. The molecule has 1 aromatic heterocycles. The quantitative estimate of drug-likeness (QED) is 0.573. The first-order valence-electron chi connectivity index (χ1n) is 13.1. The summed E-state index contributed by atoms with van der Waals surface area (Å²) in [6, 6.07) is 2.05. The maximum absolute atomic E-state index is 15.1. The van der Waals surface area contributed by atoms with Crippen LogP contribution in [0.1, 0.15) is 80.4 Å². The van der Waals surface area contributed by atoms with Crippen LogP contribution in [0.2, 0.25) is 0 Å². The van der Waals surface area contributed by atoms with Crippen molar-refractivity contribution in [2.24, 2.45) is 0 Å². The monoisotopic (exact) mass is 535 g/mol. The number of carbonyl (C=O) groups excluding carboxylic acids is 1. The van der Waals surface area contributed by atoms with Crippen molar-refractivity contribution >= 4 is 11.7 Å². The molecule has 0 unspecified atom stereocenters. The number of piperazine rings is 1. The van der Waals surface area contributed by atoms with Gasteiger partial charge >= 0.3 is 6.18 Å². The summed E-state index contributed by atoms with van der Waals surface area (Å²) in [4.78, 5) is 26.4. The normalized spacial score (nSPS) is 25.9. The van der Waals surface area contributed by atoms with Crippen LogP contribution in [0.3, 0.4) is 0 Å². The predicted molar refractivity (Wildman–Crippen MR) is 133 cm³/mol. The third-order valence-electron chi connectivity index (χ3n) is 8.16. The number of aliphatic hydroxyl groups is 1. The Morgan fingerprint density at radius 2 is 1.89 bits per heavy atom. The zero-order valence-electron chi connectivity index (χ0n) is 21.7. The molecular weight excluding hydrogens is 502 g/mol. The van der Waals surface area contributed by atoms with E-state index < -0.39 is 35.6 Å². The van der Waals surface area contributed by atoms with Gasteiger partial charge in [0.2, 0.25) is 5.91 Å². The number of carbonyl (C=O) groups is 1. The van der Waals surface area contributed by atoms with Gasteiger partial charge in [-0.3, -0.25) is 4.79 Å². The molecule has 11 heteroatoms. The molecule has 0 spiro atoms. The van der Waals surface area contributed by atoms with Gasteiger partial charge in [-0.2, -0.15) is 13.2 Å². The van der Waals surface area contributed by atoms with Crippen molar-refractivity contribution < 1.29 is 27.5 Å². The van der Waals surface area contributed by atoms with E-state index >= 15 is 4.39 Å². The zero-order chi connectivity index (χ0) is 27.4. The van der Waals surface area contributed by atoms with Gasteiger partial charge in [-0.05, 0) is 51.2 Å². The molecule has 7 nitrogen and oxygen atoms in total. The lowest BCUT2D eigenvalue weighted by atomic mass is 9.87. The summed E-state index contributed by atoms with van der Waals surface area (Å²) in [5.41, 5.74) is 0.224. The average molecular weight is 536 g/mol. The van der Waals surface area contributed by atoms with Gasteiger partial charge in [0.05, 0.1) is 23.3 Å². The van der Waals surface area contributed by atoms with Gasteiger partial charge in [-0.15, -0.1) is 0 Å². The van der Waals surface area contributed by atoms with E-state index in [2.05, 4.69) is 20.2 Å². The number of aromatic nitrogens is 2. The van der Waals surface area contributed by atoms with Crippen molar-refractivity contribution in [2.75, 3.05) is 31.1 Å². The SMILES string of the molecule is C[C@@H]1C[C@@H](O)c2ncnc(N3CCN(C(=O)[C@@H](c4ccc(C(F)(F)F)cc4F)[C@@H]4CCC(C)(C)N4)CC3)c21. The molecule has 2 N–H and O–H groups in total. The van der Waals surface area contributed by atoms with Gasteiger partial charge < -0.3 is 20.2 Å². The minimum atomic E-state index is -4.67. The summed E-state index contributed by atoms with van der Waals surface area (Å²) in [6.45, 7) is 7.73. The summed E-state index contributed by atoms with van der Waals surface area (Å²) in [7, 11) is 0. The highest BCUT2D eigenvalue weighted by Gasteiger charge is 2.43. The molecule has 2 saturated heterocycles. The lowest BCUT2D eigenvalue weighted by Gasteiger charge is -2.39. The molecule has 0 bridgehead atoms. The molecule has 38 heavy (non-hydrogen) atoms. The number of nitrogens with zero attached hydrogens (tertiary/aromatic N) is 4. The lowest BCUT2D eigenvalue weighted by Crippen LogP contribution is -2.53. The van der Waals surface area contributed by atoms with E-state index in [1.165, 1.54) is 6.33 Å². The smallest absolute Gasteiger partial charge is 0.387 e. The zero-order valence-corrected chi connectivity index (χ0v) is 21.7. The number of halogens is 4. The first-order valence-corrected chi connectivity index (χ1v) is 13.1. The molecule has 4 atom stereocenters. The number of aliphatic hydroxyl groups excluding tert-OH is 1. The van der Waals surface area contributed by atoms with E-state index in [4.69, 9.17) is 0 Å². The minimum absolute atomic E-state index is 0.0166. The molecule has 3 aliphatic rings. The van der Waals surface area contributed by atoms with E-state index in [9.17, 15) is 23.1 Å². The Hall–Kier alpha value is -2.79. The number of benzene rings is 1. The van der Waals surface area contributed by atoms with Crippen LogP contribution in [0.4, 0.5) is 23.4 Å². The number of anilines is 1. The first-order chi connectivity index (χ1) is 17.9. The maximum Gasteiger partial charge on any atom is 0.416 e. The molecule has 1 aromatic carbocycles. The van der Waals surface area contributed by atoms with E-state index in [1.807, 2.05) is 20.8 Å². The Morgan fingerprint density at radius 1 is 1.18 bits per heavy atom. The highest BCUT2D eigenvalue weighted by Crippen LogP contribution is 2.43. The summed E-state index contributed by atoms with van der Waals surface area (Å²) in [5.74, 6) is -1.39. The Kier molecular flexibility index (Phi) is 6.88. The Morgan fingerprint density at radius 3 is 2.50 bits per heavy atom. The first kappa shape index (κ1) is 26.8. The van der Waals surface area contributed by atoms with Crippen molar-refractivity contribution in [1.82, 2.24) is 20.2 Å². The van der Waals surface area contributed by atoms with Gasteiger partial charge in [0.25, 0.3) is 0 Å². The fourth-order valence-electron chi connectivity index (χ4n) is 6.18. The van der Waals surface area contributed by atoms with Crippen molar-refractivity contribution in [3.05, 3.63) is 52.7 Å². The van der Waals surface area contributed by atoms with Crippen molar-refractivity contribution in [3.8, 4) is 0 Å². The molecule has 206 valence electrons. The molecule has 5 rings (SSSR count). The highest BCUT2D eigenvalue weighted by molar-refractivity contribution is 5.85. The molecular formula is C27H33F4N5O2. The lowest BCUT2D eigenvalue weighted by molar-refractivity contribution is -0.137.